The Hall–Kier alpha value is -1.92. The van der Waals surface area contributed by atoms with Crippen LogP contribution >= 0.6 is 11.3 Å². The van der Waals surface area contributed by atoms with Gasteiger partial charge in [0.1, 0.15) is 16.5 Å². The van der Waals surface area contributed by atoms with Crippen molar-refractivity contribution in [1.29, 1.82) is 0 Å². The Morgan fingerprint density at radius 1 is 1.27 bits per heavy atom. The maximum Gasteiger partial charge on any atom is 0.273 e. The molecule has 2 aliphatic heterocycles. The van der Waals surface area contributed by atoms with Crippen LogP contribution in [-0.4, -0.2) is 47.6 Å². The van der Waals surface area contributed by atoms with E-state index in [1.807, 2.05) is 29.6 Å². The van der Waals surface area contributed by atoms with E-state index in [-0.39, 0.29) is 5.91 Å². The average Bonchev–Trinajstić information content (AvgIpc) is 3.24. The van der Waals surface area contributed by atoms with E-state index in [0.29, 0.717) is 17.8 Å². The summed E-state index contributed by atoms with van der Waals surface area (Å²) in [6, 6.07) is 8.64. The lowest BCUT2D eigenvalue weighted by molar-refractivity contribution is 0.0675. The van der Waals surface area contributed by atoms with Crippen molar-refractivity contribution >= 4 is 17.2 Å². The largest absolute Gasteiger partial charge is 0.494 e. The lowest BCUT2D eigenvalue weighted by atomic mass is 10.1. The van der Waals surface area contributed by atoms with E-state index in [2.05, 4.69) is 22.1 Å². The van der Waals surface area contributed by atoms with Crippen molar-refractivity contribution in [3.8, 4) is 16.3 Å². The molecule has 0 aliphatic carbocycles. The minimum atomic E-state index is 0.0894. The maximum absolute atomic E-state index is 13.1. The minimum Gasteiger partial charge on any atom is -0.494 e. The van der Waals surface area contributed by atoms with Gasteiger partial charge < -0.3 is 15.0 Å². The molecule has 0 saturated carbocycles. The van der Waals surface area contributed by atoms with Crippen molar-refractivity contribution in [2.24, 2.45) is 0 Å². The zero-order valence-corrected chi connectivity index (χ0v) is 15.9. The van der Waals surface area contributed by atoms with Crippen LogP contribution in [0.2, 0.25) is 0 Å². The van der Waals surface area contributed by atoms with Crippen LogP contribution in [0.1, 0.15) is 43.1 Å². The average molecular weight is 372 g/mol. The van der Waals surface area contributed by atoms with Crippen molar-refractivity contribution in [3.05, 3.63) is 35.3 Å². The first-order valence-corrected chi connectivity index (χ1v) is 10.4. The third kappa shape index (κ3) is 3.48. The predicted molar refractivity (Wildman–Crippen MR) is 104 cm³/mol. The van der Waals surface area contributed by atoms with E-state index in [0.717, 1.165) is 61.7 Å². The molecule has 0 spiro atoms. The molecule has 6 heteroatoms. The van der Waals surface area contributed by atoms with Crippen LogP contribution in [0.25, 0.3) is 10.6 Å². The van der Waals surface area contributed by atoms with Crippen LogP contribution in [-0.2, 0) is 0 Å². The maximum atomic E-state index is 13.1. The number of aromatic nitrogens is 1. The number of hydrogen-bond donors (Lipinski definition) is 1. The van der Waals surface area contributed by atoms with Crippen LogP contribution in [0.5, 0.6) is 5.75 Å². The highest BCUT2D eigenvalue weighted by molar-refractivity contribution is 7.13. The standard InChI is InChI=1S/C20H25N3O2S/c1-2-11-25-17-7-3-14(4-8-17)19-22-18(13-26-19)20(24)23-15-5-6-16(23)12-21-10-9-15/h3-4,7-8,13,15-16,21H,2,5-6,9-12H2,1H3. The van der Waals surface area contributed by atoms with E-state index in [1.54, 1.807) is 0 Å². The summed E-state index contributed by atoms with van der Waals surface area (Å²) in [5, 5.41) is 6.23. The first-order chi connectivity index (χ1) is 12.8. The highest BCUT2D eigenvalue weighted by atomic mass is 32.1. The molecular formula is C20H25N3O2S. The summed E-state index contributed by atoms with van der Waals surface area (Å²) < 4.78 is 5.63. The second kappa shape index (κ2) is 7.76. The number of nitrogens with zero attached hydrogens (tertiary/aromatic N) is 2. The predicted octanol–water partition coefficient (Wildman–Crippen LogP) is 3.57. The summed E-state index contributed by atoms with van der Waals surface area (Å²) in [4.78, 5) is 19.8. The molecule has 2 unspecified atom stereocenters. The number of fused-ring (bicyclic) bond motifs is 2. The van der Waals surface area contributed by atoms with Gasteiger partial charge in [0.05, 0.1) is 6.61 Å². The summed E-state index contributed by atoms with van der Waals surface area (Å²) in [6.07, 6.45) is 4.25. The number of thiazole rings is 1. The van der Waals surface area contributed by atoms with E-state index in [9.17, 15) is 4.79 Å². The molecule has 2 aromatic rings. The molecule has 2 bridgehead atoms. The van der Waals surface area contributed by atoms with E-state index < -0.39 is 0 Å². The van der Waals surface area contributed by atoms with Crippen LogP contribution in [0, 0.1) is 0 Å². The smallest absolute Gasteiger partial charge is 0.273 e. The Morgan fingerprint density at radius 2 is 2.08 bits per heavy atom. The molecule has 2 fully saturated rings. The van der Waals surface area contributed by atoms with Gasteiger partial charge in [-0.2, -0.15) is 0 Å². The van der Waals surface area contributed by atoms with Gasteiger partial charge in [0, 0.05) is 29.6 Å². The Balaban J connectivity index is 1.50. The third-order valence-electron chi connectivity index (χ3n) is 5.19. The fraction of sp³-hybridized carbons (Fsp3) is 0.500. The third-order valence-corrected chi connectivity index (χ3v) is 6.08. The van der Waals surface area contributed by atoms with Crippen molar-refractivity contribution in [2.45, 2.75) is 44.7 Å². The zero-order chi connectivity index (χ0) is 17.9. The second-order valence-electron chi connectivity index (χ2n) is 7.00. The molecule has 5 nitrogen and oxygen atoms in total. The van der Waals surface area contributed by atoms with Gasteiger partial charge in [-0.3, -0.25) is 4.79 Å². The lowest BCUT2D eigenvalue weighted by Gasteiger charge is -2.27. The number of nitrogens with one attached hydrogen (secondary N) is 1. The molecule has 1 amide bonds. The van der Waals surface area contributed by atoms with Gasteiger partial charge >= 0.3 is 0 Å². The van der Waals surface area contributed by atoms with Crippen molar-refractivity contribution in [3.63, 3.8) is 0 Å². The molecular weight excluding hydrogens is 346 g/mol. The van der Waals surface area contributed by atoms with Gasteiger partial charge in [0.15, 0.2) is 0 Å². The highest BCUT2D eigenvalue weighted by Gasteiger charge is 2.39. The van der Waals surface area contributed by atoms with Gasteiger partial charge in [-0.25, -0.2) is 4.98 Å². The van der Waals surface area contributed by atoms with Crippen molar-refractivity contribution < 1.29 is 9.53 Å². The van der Waals surface area contributed by atoms with E-state index in [4.69, 9.17) is 4.74 Å². The Labute approximate surface area is 158 Å². The van der Waals surface area contributed by atoms with Gasteiger partial charge in [-0.05, 0) is 56.5 Å². The van der Waals surface area contributed by atoms with Crippen LogP contribution < -0.4 is 10.1 Å². The molecule has 2 aliphatic rings. The second-order valence-corrected chi connectivity index (χ2v) is 7.86. The molecule has 2 saturated heterocycles. The number of rotatable bonds is 5. The molecule has 2 atom stereocenters. The fourth-order valence-corrected chi connectivity index (χ4v) is 4.66. The quantitative estimate of drug-likeness (QED) is 0.873. The monoisotopic (exact) mass is 371 g/mol. The molecule has 1 N–H and O–H groups in total. The summed E-state index contributed by atoms with van der Waals surface area (Å²) in [5.74, 6) is 0.962. The molecule has 1 aromatic carbocycles. The van der Waals surface area contributed by atoms with E-state index >= 15 is 0 Å². The van der Waals surface area contributed by atoms with Gasteiger partial charge in [0.25, 0.3) is 5.91 Å². The fourth-order valence-electron chi connectivity index (χ4n) is 3.86. The summed E-state index contributed by atoms with van der Waals surface area (Å²) >= 11 is 1.53. The molecule has 4 rings (SSSR count). The number of carbonyl (C=O) groups is 1. The number of benzene rings is 1. The normalized spacial score (nSPS) is 22.3. The number of amides is 1. The number of hydrogen-bond acceptors (Lipinski definition) is 5. The Morgan fingerprint density at radius 3 is 2.88 bits per heavy atom. The van der Waals surface area contributed by atoms with Gasteiger partial charge in [-0.15, -0.1) is 11.3 Å². The first kappa shape index (κ1) is 17.5. The summed E-state index contributed by atoms with van der Waals surface area (Å²) in [7, 11) is 0. The topological polar surface area (TPSA) is 54.5 Å². The molecule has 1 aromatic heterocycles. The van der Waals surface area contributed by atoms with Crippen LogP contribution in [0.15, 0.2) is 29.6 Å². The van der Waals surface area contributed by atoms with Crippen LogP contribution in [0.4, 0.5) is 0 Å². The lowest BCUT2D eigenvalue weighted by Crippen LogP contribution is -2.42. The van der Waals surface area contributed by atoms with E-state index in [1.165, 1.54) is 11.3 Å². The molecule has 3 heterocycles. The minimum absolute atomic E-state index is 0.0894. The Bertz CT molecular complexity index is 745. The SMILES string of the molecule is CCCOc1ccc(-c2nc(C(=O)N3C4CCNCC3CC4)cs2)cc1. The van der Waals surface area contributed by atoms with Gasteiger partial charge in [-0.1, -0.05) is 6.92 Å². The summed E-state index contributed by atoms with van der Waals surface area (Å²) in [5.41, 5.74) is 1.61. The van der Waals surface area contributed by atoms with Gasteiger partial charge in [0.2, 0.25) is 0 Å². The molecule has 26 heavy (non-hydrogen) atoms. The van der Waals surface area contributed by atoms with Crippen molar-refractivity contribution in [1.82, 2.24) is 15.2 Å². The van der Waals surface area contributed by atoms with Crippen LogP contribution in [0.3, 0.4) is 0 Å². The number of ether oxygens (including phenoxy) is 1. The molecule has 0 radical (unpaired) electrons. The summed E-state index contributed by atoms with van der Waals surface area (Å²) in [6.45, 7) is 4.72. The zero-order valence-electron chi connectivity index (χ0n) is 15.1. The number of carbonyl (C=O) groups excluding carboxylic acids is 1. The first-order valence-electron chi connectivity index (χ1n) is 9.48. The molecule has 138 valence electrons. The Kier molecular flexibility index (Phi) is 5.22. The van der Waals surface area contributed by atoms with Crippen molar-refractivity contribution in [2.75, 3.05) is 19.7 Å². The highest BCUT2D eigenvalue weighted by Crippen LogP contribution is 2.31.